The Morgan fingerprint density at radius 2 is 0.739 bits per heavy atom. The topological polar surface area (TPSA) is 498 Å². The Kier molecular flexibility index (Phi) is 53.2. The molecule has 34 nitrogen and oxygen atoms in total. The average Bonchev–Trinajstić information content (AvgIpc) is 0.828. The molecule has 0 aromatic rings. The van der Waals surface area contributed by atoms with Crippen LogP contribution in [0.1, 0.15) is 203 Å². The Morgan fingerprint density at radius 3 is 1.05 bits per heavy atom. The van der Waals surface area contributed by atoms with Gasteiger partial charge in [0, 0.05) is 160 Å². The quantitative estimate of drug-likeness (QED) is 0.0307. The molecule has 3 aliphatic heterocycles. The minimum atomic E-state index is -5.00. The predicted molar refractivity (Wildman–Crippen MR) is 398 cm³/mol. The molecule has 0 aromatic heterocycles. The number of rotatable bonds is 67. The smallest absolute Gasteiger partial charge is 0.268 e. The van der Waals surface area contributed by atoms with Crippen LogP contribution in [0, 0.1) is 23.2 Å². The maximum absolute atomic E-state index is 14.2. The summed E-state index contributed by atoms with van der Waals surface area (Å²) in [6.45, 7) is 12.2. The Hall–Kier alpha value is -3.15. The second-order valence-corrected chi connectivity index (χ2v) is 31.8. The van der Waals surface area contributed by atoms with E-state index in [9.17, 15) is 89.3 Å². The van der Waals surface area contributed by atoms with Gasteiger partial charge in [-0.2, -0.15) is 0 Å². The number of hydrogen-bond donors (Lipinski definition) is 12. The second-order valence-electron chi connectivity index (χ2n) is 30.5. The first-order valence-electron chi connectivity index (χ1n) is 40.1. The molecule has 0 aromatic carbocycles. The van der Waals surface area contributed by atoms with E-state index in [-0.39, 0.29) is 108 Å². The van der Waals surface area contributed by atoms with Crippen LogP contribution in [0.15, 0.2) is 0 Å². The van der Waals surface area contributed by atoms with Gasteiger partial charge in [-0.1, -0.05) is 20.8 Å². The van der Waals surface area contributed by atoms with Crippen molar-refractivity contribution in [1.29, 1.82) is 0 Å². The number of unbranched alkanes of at least 4 members (excludes halogenated alkanes) is 6. The van der Waals surface area contributed by atoms with Crippen molar-refractivity contribution in [3.8, 4) is 0 Å². The number of carbonyl (C=O) groups is 6. The summed E-state index contributed by atoms with van der Waals surface area (Å²) in [6, 6.07) is -1.59. The summed E-state index contributed by atoms with van der Waals surface area (Å²) in [5.74, 6) is -3.24. The molecule has 3 saturated heterocycles. The summed E-state index contributed by atoms with van der Waals surface area (Å²) in [5.41, 5.74) is -2.20. The van der Waals surface area contributed by atoms with Gasteiger partial charge in [0.15, 0.2) is 18.9 Å². The van der Waals surface area contributed by atoms with Crippen molar-refractivity contribution < 1.29 is 155 Å². The maximum Gasteiger partial charge on any atom is 0.268 e. The fourth-order valence-corrected chi connectivity index (χ4v) is 13.9. The molecule has 0 aliphatic carbocycles. The van der Waals surface area contributed by atoms with E-state index in [2.05, 4.69) is 10.6 Å². The molecule has 3 fully saturated rings. The number of phosphoric acid groups is 1. The molecule has 3 heterocycles. The second kappa shape index (κ2) is 57.9. The highest BCUT2D eigenvalue weighted by molar-refractivity contribution is 7.45. The number of ketones is 4. The van der Waals surface area contributed by atoms with Crippen LogP contribution in [0.5, 0.6) is 0 Å². The zero-order chi connectivity index (χ0) is 82.2. The van der Waals surface area contributed by atoms with Crippen LogP contribution in [0.4, 0.5) is 0 Å². The first-order valence-corrected chi connectivity index (χ1v) is 41.5. The molecule has 18 unspecified atom stereocenters. The minimum absolute atomic E-state index is 0.0296. The summed E-state index contributed by atoms with van der Waals surface area (Å²) in [4.78, 5) is 90.7. The molecule has 3 rings (SSSR count). The molecule has 650 valence electrons. The molecular formula is C76H138N2O32P-. The Balaban J connectivity index is 1.58. The van der Waals surface area contributed by atoms with Crippen molar-refractivity contribution >= 4 is 42.8 Å². The van der Waals surface area contributed by atoms with Gasteiger partial charge in [-0.15, -0.1) is 0 Å². The van der Waals surface area contributed by atoms with E-state index in [4.69, 9.17) is 65.9 Å². The zero-order valence-electron chi connectivity index (χ0n) is 66.8. The third-order valence-corrected chi connectivity index (χ3v) is 20.7. The molecule has 12 N–H and O–H groups in total. The standard InChI is InChI=1S/C76H139N2O32P/c1-52-65(88)68(91)60(45-79)106-72(52)103-41-17-11-27-56(83)24-8-14-32-97-35-21-38-100-49-76(44-59(86)30-20-31-77-71(94)64(78-63(87)48-82)55(4)109-111(95,96)110-75(5,6)7,50-101-39-22-36-98-33-15-9-25-57(84)28-12-18-42-104-73-53(2)66(89)69(92)61(46-80)107-73)51-102-40-23-37-99-34-16-10-26-58(85)29-13-19-43-105-74-54(3)67(90)70(93)62(47-81)108-74/h52-55,60-62,64-70,72-74,79-82,88-93H,8-51H2,1-7H3,(H,77,94)(H,78,87)(H,95,96)/p-1. The van der Waals surface area contributed by atoms with Crippen LogP contribution in [0.2, 0.25) is 0 Å². The molecule has 2 amide bonds. The summed E-state index contributed by atoms with van der Waals surface area (Å²) in [6.07, 6.45) is -2.55. The summed E-state index contributed by atoms with van der Waals surface area (Å²) >= 11 is 0. The van der Waals surface area contributed by atoms with Crippen LogP contribution in [-0.4, -0.2) is 310 Å². The lowest BCUT2D eigenvalue weighted by Gasteiger charge is -2.40. The SMILES string of the molecule is CC(OP(=O)([O-])OC(C)(C)C)C(NC(=O)CO)C(=O)NCCCC(=O)CC(COCCCOCCCCC(=O)CCCCOC1OC(CO)C(O)C(O)C1C)(COCCCOCCCCC(=O)CCCCOC1OC(CO)C(O)C(O)C1C)COCCCOCCCCC(=O)CCCCOC1OC(CO)C(O)C(O)C1C. The van der Waals surface area contributed by atoms with E-state index in [0.717, 1.165) is 0 Å². The van der Waals surface area contributed by atoms with Gasteiger partial charge in [-0.05, 0) is 130 Å². The normalized spacial score (nSPS) is 26.1. The molecule has 18 atom stereocenters. The van der Waals surface area contributed by atoms with Crippen LogP contribution in [0.3, 0.4) is 0 Å². The van der Waals surface area contributed by atoms with E-state index in [0.29, 0.717) is 174 Å². The number of nitrogens with one attached hydrogen (secondary N) is 2. The first kappa shape index (κ1) is 102. The summed E-state index contributed by atoms with van der Waals surface area (Å²) < 4.78 is 93.6. The van der Waals surface area contributed by atoms with Crippen LogP contribution in [-0.2, 0) is 99.2 Å². The molecular weight excluding hydrogens is 1480 g/mol. The highest BCUT2D eigenvalue weighted by atomic mass is 31.2. The van der Waals surface area contributed by atoms with Gasteiger partial charge in [0.05, 0.1) is 69.7 Å². The number of amides is 2. The van der Waals surface area contributed by atoms with Crippen LogP contribution in [0.25, 0.3) is 0 Å². The van der Waals surface area contributed by atoms with Gasteiger partial charge in [0.1, 0.15) is 72.4 Å². The fraction of sp³-hybridized carbons (Fsp3) is 0.921. The van der Waals surface area contributed by atoms with E-state index >= 15 is 0 Å². The van der Waals surface area contributed by atoms with Gasteiger partial charge < -0.3 is 132 Å². The summed E-state index contributed by atoms with van der Waals surface area (Å²) in [5, 5.41) is 104. The largest absolute Gasteiger partial charge is 0.756 e. The third kappa shape index (κ3) is 42.7. The van der Waals surface area contributed by atoms with Crippen LogP contribution >= 0.6 is 7.82 Å². The zero-order valence-corrected chi connectivity index (χ0v) is 67.7. The molecule has 0 bridgehead atoms. The van der Waals surface area contributed by atoms with Gasteiger partial charge >= 0.3 is 0 Å². The van der Waals surface area contributed by atoms with Crippen LogP contribution < -0.4 is 15.5 Å². The third-order valence-electron chi connectivity index (χ3n) is 19.3. The molecule has 35 heteroatoms. The van der Waals surface area contributed by atoms with Crippen molar-refractivity contribution in [2.45, 2.75) is 294 Å². The van der Waals surface area contributed by atoms with E-state index in [1.165, 1.54) is 27.7 Å². The highest BCUT2D eigenvalue weighted by Crippen LogP contribution is 2.44. The number of Topliss-reactive ketones (excluding diaryl/α,β-unsaturated/α-hetero) is 4. The fourth-order valence-electron chi connectivity index (χ4n) is 12.6. The molecule has 111 heavy (non-hydrogen) atoms. The average molecular weight is 1620 g/mol. The Morgan fingerprint density at radius 1 is 0.432 bits per heavy atom. The van der Waals surface area contributed by atoms with Crippen molar-refractivity contribution in [3.63, 3.8) is 0 Å². The van der Waals surface area contributed by atoms with Gasteiger partial charge in [0.2, 0.25) is 11.8 Å². The number of carbonyl (C=O) groups excluding carboxylic acids is 6. The van der Waals surface area contributed by atoms with E-state index < -0.39 is 161 Å². The van der Waals surface area contributed by atoms with Gasteiger partial charge in [-0.25, -0.2) is 0 Å². The number of phosphoric ester groups is 1. The van der Waals surface area contributed by atoms with E-state index in [1.54, 1.807) is 20.8 Å². The molecule has 3 aliphatic rings. The number of aliphatic hydroxyl groups excluding tert-OH is 10. The lowest BCUT2D eigenvalue weighted by Crippen LogP contribution is -2.55. The maximum atomic E-state index is 14.2. The monoisotopic (exact) mass is 1620 g/mol. The highest BCUT2D eigenvalue weighted by Gasteiger charge is 2.45. The van der Waals surface area contributed by atoms with Gasteiger partial charge in [0.25, 0.3) is 7.82 Å². The minimum Gasteiger partial charge on any atom is -0.756 e. The Labute approximate surface area is 655 Å². The van der Waals surface area contributed by atoms with Crippen molar-refractivity contribution in [1.82, 2.24) is 10.6 Å². The van der Waals surface area contributed by atoms with Gasteiger partial charge in [-0.3, -0.25) is 33.3 Å². The number of aliphatic hydroxyl groups is 10. The predicted octanol–water partition coefficient (Wildman–Crippen LogP) is 2.27. The first-order chi connectivity index (χ1) is 52.9. The molecule has 0 saturated carbocycles. The lowest BCUT2D eigenvalue weighted by atomic mass is 9.84. The number of ether oxygens (including phenoxy) is 12. The number of hydrogen-bond acceptors (Lipinski definition) is 32. The lowest BCUT2D eigenvalue weighted by molar-refractivity contribution is -0.282. The molecule has 0 spiro atoms. The summed E-state index contributed by atoms with van der Waals surface area (Å²) in [7, 11) is -5.00. The Bertz CT molecular complexity index is 2380. The molecule has 0 radical (unpaired) electrons. The van der Waals surface area contributed by atoms with Crippen molar-refractivity contribution in [2.75, 3.05) is 132 Å². The van der Waals surface area contributed by atoms with Crippen molar-refractivity contribution in [3.05, 3.63) is 0 Å². The van der Waals surface area contributed by atoms with Crippen molar-refractivity contribution in [2.24, 2.45) is 23.2 Å². The van der Waals surface area contributed by atoms with E-state index in [1.807, 2.05) is 0 Å².